The summed E-state index contributed by atoms with van der Waals surface area (Å²) in [6.07, 6.45) is 3.57. The van der Waals surface area contributed by atoms with Crippen LogP contribution in [-0.2, 0) is 32.0 Å². The van der Waals surface area contributed by atoms with Crippen LogP contribution in [-0.4, -0.2) is 47.8 Å². The Labute approximate surface area is 297 Å². The Balaban J connectivity index is 1.26. The van der Waals surface area contributed by atoms with Crippen LogP contribution in [0.1, 0.15) is 69.6 Å². The van der Waals surface area contributed by atoms with Gasteiger partial charge in [0.25, 0.3) is 0 Å². The van der Waals surface area contributed by atoms with Gasteiger partial charge in [-0.15, -0.1) is 0 Å². The summed E-state index contributed by atoms with van der Waals surface area (Å²) >= 11 is 0. The van der Waals surface area contributed by atoms with E-state index in [1.165, 1.54) is 12.1 Å². The number of nitrogens with one attached hydrogen (secondary N) is 4. The van der Waals surface area contributed by atoms with Crippen LogP contribution in [0.5, 0.6) is 0 Å². The summed E-state index contributed by atoms with van der Waals surface area (Å²) < 4.78 is 20.1. The molecule has 2 aliphatic rings. The van der Waals surface area contributed by atoms with Gasteiger partial charge in [0.05, 0.1) is 5.56 Å². The average molecular weight is 700 g/mol. The van der Waals surface area contributed by atoms with Crippen LogP contribution in [0.2, 0.25) is 0 Å². The van der Waals surface area contributed by atoms with Crippen molar-refractivity contribution < 1.29 is 28.3 Å². The molecule has 1 saturated carbocycles. The van der Waals surface area contributed by atoms with Crippen LogP contribution in [0.4, 0.5) is 20.6 Å². The molecule has 8 N–H and O–H groups in total. The van der Waals surface area contributed by atoms with Gasteiger partial charge in [-0.1, -0.05) is 36.4 Å². The number of ether oxygens (including phenoxy) is 1. The van der Waals surface area contributed by atoms with Crippen molar-refractivity contribution in [3.63, 3.8) is 0 Å². The summed E-state index contributed by atoms with van der Waals surface area (Å²) in [5, 5.41) is 14.8. The van der Waals surface area contributed by atoms with Gasteiger partial charge in [-0.05, 0) is 105 Å². The highest BCUT2D eigenvalue weighted by Crippen LogP contribution is 2.31. The van der Waals surface area contributed by atoms with Gasteiger partial charge in [0.1, 0.15) is 17.5 Å². The Morgan fingerprint density at radius 1 is 0.980 bits per heavy atom. The maximum absolute atomic E-state index is 14.7. The molecule has 0 saturated heterocycles. The second-order valence-electron chi connectivity index (χ2n) is 14.2. The monoisotopic (exact) mass is 699 g/mol. The number of fused-ring (bicyclic) bond motifs is 1. The second kappa shape index (κ2) is 16.0. The van der Waals surface area contributed by atoms with Crippen LogP contribution in [0.25, 0.3) is 11.1 Å². The smallest absolute Gasteiger partial charge is 0.407 e. The maximum atomic E-state index is 14.7. The fraction of sp³-hybridized carbons (Fsp3) is 0.395. The molecule has 0 bridgehead atoms. The molecule has 3 aromatic carbocycles. The highest BCUT2D eigenvalue weighted by atomic mass is 19.1. The predicted molar refractivity (Wildman–Crippen MR) is 194 cm³/mol. The number of amidine groups is 1. The molecule has 0 spiro atoms. The molecule has 51 heavy (non-hydrogen) atoms. The number of aryl methyl sites for hydroxylation is 1. The number of anilines is 2. The standard InChI is InChI=1S/C38H46FN7O5/c1-38(2,3)51-37(50)42-21-23-6-10-26(11-7-23)35(48)45-32(36(49)43-28-15-16-29(30(39)20-28)34(40)46-41)18-22-4-8-24(9-5-22)27-13-12-25-14-17-33(47)44-31(25)19-27/h4-5,8-9,12-13,15-16,19-20,23,26,32H,6-7,10-11,14,17-18,21,41H2,1-3H3,(H2,40,46)(H,42,50)(H,43,49)(H,44,47)(H,45,48)/t23?,26?,32-/m0/s1. The number of alkyl carbamates (subject to hydrolysis) is 1. The molecule has 4 amide bonds. The van der Waals surface area contributed by atoms with Gasteiger partial charge in [-0.3, -0.25) is 14.4 Å². The zero-order chi connectivity index (χ0) is 36.7. The zero-order valence-electron chi connectivity index (χ0n) is 29.2. The predicted octanol–water partition coefficient (Wildman–Crippen LogP) is 4.95. The summed E-state index contributed by atoms with van der Waals surface area (Å²) in [6, 6.07) is 16.6. The number of carbonyl (C=O) groups excluding carboxylic acids is 4. The van der Waals surface area contributed by atoms with Gasteiger partial charge >= 0.3 is 6.09 Å². The van der Waals surface area contributed by atoms with Crippen molar-refractivity contribution in [2.45, 2.75) is 77.4 Å². The summed E-state index contributed by atoms with van der Waals surface area (Å²) in [5.74, 6) is 3.44. The van der Waals surface area contributed by atoms with Gasteiger partial charge in [-0.2, -0.15) is 5.10 Å². The van der Waals surface area contributed by atoms with Crippen molar-refractivity contribution in [3.8, 4) is 11.1 Å². The van der Waals surface area contributed by atoms with Crippen LogP contribution in [0, 0.1) is 17.7 Å². The molecule has 5 rings (SSSR count). The highest BCUT2D eigenvalue weighted by Gasteiger charge is 2.30. The van der Waals surface area contributed by atoms with E-state index in [4.69, 9.17) is 16.3 Å². The number of hydrazone groups is 1. The van der Waals surface area contributed by atoms with Crippen molar-refractivity contribution in [1.29, 1.82) is 0 Å². The summed E-state index contributed by atoms with van der Waals surface area (Å²) in [4.78, 5) is 51.2. The fourth-order valence-corrected chi connectivity index (χ4v) is 6.39. The van der Waals surface area contributed by atoms with E-state index < -0.39 is 29.5 Å². The third-order valence-electron chi connectivity index (χ3n) is 9.17. The Bertz CT molecular complexity index is 1800. The van der Waals surface area contributed by atoms with Gasteiger partial charge < -0.3 is 37.6 Å². The Morgan fingerprint density at radius 2 is 1.69 bits per heavy atom. The zero-order valence-corrected chi connectivity index (χ0v) is 29.2. The molecular formula is C38H46FN7O5. The first-order chi connectivity index (χ1) is 24.3. The lowest BCUT2D eigenvalue weighted by atomic mass is 9.81. The first-order valence-corrected chi connectivity index (χ1v) is 17.2. The number of hydrogen-bond donors (Lipinski definition) is 6. The van der Waals surface area contributed by atoms with Crippen LogP contribution in [0.3, 0.4) is 0 Å². The van der Waals surface area contributed by atoms with Crippen molar-refractivity contribution in [2.24, 2.45) is 28.5 Å². The van der Waals surface area contributed by atoms with Crippen molar-refractivity contribution in [2.75, 3.05) is 17.2 Å². The number of nitrogens with two attached hydrogens (primary N) is 2. The molecule has 270 valence electrons. The molecule has 0 aromatic heterocycles. The van der Waals surface area contributed by atoms with Crippen molar-refractivity contribution >= 4 is 41.0 Å². The van der Waals surface area contributed by atoms with E-state index in [2.05, 4.69) is 26.4 Å². The lowest BCUT2D eigenvalue weighted by Gasteiger charge is -2.29. The molecule has 13 heteroatoms. The number of rotatable bonds is 10. The van der Waals surface area contributed by atoms with Crippen LogP contribution >= 0.6 is 0 Å². The molecule has 3 aromatic rings. The lowest BCUT2D eigenvalue weighted by molar-refractivity contribution is -0.130. The molecule has 1 aliphatic carbocycles. The quantitative estimate of drug-likeness (QED) is 0.0747. The number of carbonyl (C=O) groups is 4. The number of halogens is 1. The van der Waals surface area contributed by atoms with E-state index in [1.54, 1.807) is 20.8 Å². The van der Waals surface area contributed by atoms with Gasteiger partial charge in [0.2, 0.25) is 17.7 Å². The third kappa shape index (κ3) is 10.1. The minimum absolute atomic E-state index is 0.00125. The molecule has 12 nitrogen and oxygen atoms in total. The topological polar surface area (TPSA) is 190 Å². The molecule has 1 fully saturated rings. The minimum atomic E-state index is -0.965. The summed E-state index contributed by atoms with van der Waals surface area (Å²) in [7, 11) is 0. The van der Waals surface area contributed by atoms with Gasteiger partial charge in [-0.25, -0.2) is 9.18 Å². The first-order valence-electron chi connectivity index (χ1n) is 17.2. The molecule has 1 aliphatic heterocycles. The third-order valence-corrected chi connectivity index (χ3v) is 9.17. The summed E-state index contributed by atoms with van der Waals surface area (Å²) in [5.41, 5.74) is 9.82. The highest BCUT2D eigenvalue weighted by molar-refractivity contribution is 6.00. The largest absolute Gasteiger partial charge is 0.444 e. The fourth-order valence-electron chi connectivity index (χ4n) is 6.39. The Hall–Kier alpha value is -5.46. The SMILES string of the molecule is CC(C)(C)OC(=O)NCC1CCC(C(=O)N[C@@H](Cc2ccc(-c3ccc4c(c3)NC(=O)CC4)cc2)C(=O)Nc2ccc(/C(N)=N/N)c(F)c2)CC1. The second-order valence-corrected chi connectivity index (χ2v) is 14.2. The number of nitrogens with zero attached hydrogens (tertiary/aromatic N) is 1. The van der Waals surface area contributed by atoms with E-state index in [9.17, 15) is 23.6 Å². The lowest BCUT2D eigenvalue weighted by Crippen LogP contribution is -2.48. The van der Waals surface area contributed by atoms with E-state index in [0.29, 0.717) is 32.2 Å². The minimum Gasteiger partial charge on any atom is -0.444 e. The van der Waals surface area contributed by atoms with E-state index in [0.717, 1.165) is 46.8 Å². The Kier molecular flexibility index (Phi) is 11.6. The molecule has 0 unspecified atom stereocenters. The number of amides is 4. The van der Waals surface area contributed by atoms with Gasteiger partial charge in [0, 0.05) is 36.7 Å². The molecular weight excluding hydrogens is 653 g/mol. The normalized spacial score (nSPS) is 18.1. The molecule has 1 atom stereocenters. The molecule has 0 radical (unpaired) electrons. The first kappa shape index (κ1) is 36.8. The number of benzene rings is 3. The average Bonchev–Trinajstić information content (AvgIpc) is 3.09. The van der Waals surface area contributed by atoms with Crippen molar-refractivity contribution in [3.05, 3.63) is 83.2 Å². The van der Waals surface area contributed by atoms with E-state index in [1.807, 2.05) is 42.5 Å². The Morgan fingerprint density at radius 3 is 2.35 bits per heavy atom. The number of hydrogen-bond acceptors (Lipinski definition) is 7. The molecule has 1 heterocycles. The van der Waals surface area contributed by atoms with Crippen LogP contribution in [0.15, 0.2) is 65.8 Å². The van der Waals surface area contributed by atoms with Crippen LogP contribution < -0.4 is 32.8 Å². The van der Waals surface area contributed by atoms with Crippen molar-refractivity contribution in [1.82, 2.24) is 10.6 Å². The van der Waals surface area contributed by atoms with Gasteiger partial charge in [0.15, 0.2) is 5.84 Å². The van der Waals surface area contributed by atoms with E-state index in [-0.39, 0.29) is 47.2 Å². The van der Waals surface area contributed by atoms with E-state index >= 15 is 0 Å². The maximum Gasteiger partial charge on any atom is 0.407 e. The summed E-state index contributed by atoms with van der Waals surface area (Å²) in [6.45, 7) is 5.88.